The first-order valence-electron chi connectivity index (χ1n) is 5.53. The lowest BCUT2D eigenvalue weighted by atomic mass is 10.0. The van der Waals surface area contributed by atoms with Gasteiger partial charge in [0, 0.05) is 18.7 Å². The first-order chi connectivity index (χ1) is 7.16. The molecular weight excluding hydrogens is 186 g/mol. The van der Waals surface area contributed by atoms with Gasteiger partial charge in [0.25, 0.3) is 0 Å². The van der Waals surface area contributed by atoms with Crippen LogP contribution in [-0.4, -0.2) is 18.9 Å². The summed E-state index contributed by atoms with van der Waals surface area (Å²) in [5.41, 5.74) is 2.53. The molecule has 0 aromatic heterocycles. The van der Waals surface area contributed by atoms with Crippen molar-refractivity contribution in [3.63, 3.8) is 0 Å². The molecule has 2 nitrogen and oxygen atoms in total. The Morgan fingerprint density at radius 3 is 2.73 bits per heavy atom. The van der Waals surface area contributed by atoms with Crippen molar-refractivity contribution in [3.05, 3.63) is 29.8 Å². The van der Waals surface area contributed by atoms with Crippen molar-refractivity contribution in [2.45, 2.75) is 26.2 Å². The maximum absolute atomic E-state index is 11.2. The highest BCUT2D eigenvalue weighted by atomic mass is 16.1. The normalized spacial score (nSPS) is 16.5. The Kier molecular flexibility index (Phi) is 2.76. The number of rotatable bonds is 2. The van der Waals surface area contributed by atoms with Crippen LogP contribution in [0.25, 0.3) is 0 Å². The van der Waals surface area contributed by atoms with Crippen molar-refractivity contribution in [1.82, 2.24) is 0 Å². The number of carbonyl (C=O) groups excluding carboxylic acids is 1. The minimum atomic E-state index is 0.352. The van der Waals surface area contributed by atoms with Crippen LogP contribution in [0, 0.1) is 0 Å². The van der Waals surface area contributed by atoms with Crippen LogP contribution in [0.1, 0.15) is 31.7 Å². The molecule has 1 fully saturated rings. The fourth-order valence-corrected chi connectivity index (χ4v) is 1.93. The van der Waals surface area contributed by atoms with Gasteiger partial charge in [-0.2, -0.15) is 0 Å². The van der Waals surface area contributed by atoms with Crippen LogP contribution in [0.15, 0.2) is 24.3 Å². The van der Waals surface area contributed by atoms with Gasteiger partial charge in [0.1, 0.15) is 0 Å². The van der Waals surface area contributed by atoms with Crippen LogP contribution in [0.5, 0.6) is 0 Å². The molecule has 80 valence electrons. The van der Waals surface area contributed by atoms with Gasteiger partial charge in [-0.05, 0) is 23.6 Å². The van der Waals surface area contributed by atoms with Gasteiger partial charge in [-0.25, -0.2) is 0 Å². The maximum atomic E-state index is 11.2. The van der Waals surface area contributed by atoms with E-state index in [-0.39, 0.29) is 0 Å². The van der Waals surface area contributed by atoms with Crippen LogP contribution in [-0.2, 0) is 4.79 Å². The van der Waals surface area contributed by atoms with E-state index < -0.39 is 0 Å². The minimum absolute atomic E-state index is 0.352. The maximum Gasteiger partial charge on any atom is 0.153 e. The van der Waals surface area contributed by atoms with E-state index in [0.29, 0.717) is 24.7 Å². The highest BCUT2D eigenvalue weighted by Crippen LogP contribution is 2.23. The molecule has 0 radical (unpaired) electrons. The van der Waals surface area contributed by atoms with Gasteiger partial charge in [0.05, 0.1) is 6.54 Å². The average molecular weight is 203 g/mol. The SMILES string of the molecule is CC(C)c1cccc(N2CCC(=O)C2)c1. The van der Waals surface area contributed by atoms with Crippen molar-refractivity contribution in [2.75, 3.05) is 18.0 Å². The first-order valence-corrected chi connectivity index (χ1v) is 5.53. The lowest BCUT2D eigenvalue weighted by molar-refractivity contribution is -0.116. The molecule has 0 amide bonds. The summed E-state index contributed by atoms with van der Waals surface area (Å²) in [6.45, 7) is 5.84. The summed E-state index contributed by atoms with van der Waals surface area (Å²) in [5, 5.41) is 0. The van der Waals surface area contributed by atoms with Crippen LogP contribution < -0.4 is 4.90 Å². The Labute approximate surface area is 90.9 Å². The highest BCUT2D eigenvalue weighted by molar-refractivity contribution is 5.87. The van der Waals surface area contributed by atoms with Crippen molar-refractivity contribution in [1.29, 1.82) is 0 Å². The van der Waals surface area contributed by atoms with Gasteiger partial charge >= 0.3 is 0 Å². The molecule has 1 aromatic rings. The van der Waals surface area contributed by atoms with Crippen LogP contribution in [0.2, 0.25) is 0 Å². The van der Waals surface area contributed by atoms with Crippen LogP contribution in [0.4, 0.5) is 5.69 Å². The summed E-state index contributed by atoms with van der Waals surface area (Å²) in [6, 6.07) is 8.51. The number of hydrogen-bond donors (Lipinski definition) is 0. The van der Waals surface area contributed by atoms with Crippen LogP contribution >= 0.6 is 0 Å². The van der Waals surface area contributed by atoms with Gasteiger partial charge in [-0.1, -0.05) is 26.0 Å². The zero-order valence-electron chi connectivity index (χ0n) is 9.36. The van der Waals surface area contributed by atoms with E-state index >= 15 is 0 Å². The molecule has 2 rings (SSSR count). The van der Waals surface area contributed by atoms with Crippen molar-refractivity contribution < 1.29 is 4.79 Å². The fraction of sp³-hybridized carbons (Fsp3) is 0.462. The van der Waals surface area contributed by atoms with Gasteiger partial charge in [-0.3, -0.25) is 4.79 Å². The van der Waals surface area contributed by atoms with Crippen molar-refractivity contribution in [2.24, 2.45) is 0 Å². The van der Waals surface area contributed by atoms with Gasteiger partial charge in [-0.15, -0.1) is 0 Å². The second kappa shape index (κ2) is 4.05. The number of nitrogens with zero attached hydrogens (tertiary/aromatic N) is 1. The second-order valence-electron chi connectivity index (χ2n) is 4.46. The predicted octanol–water partition coefficient (Wildman–Crippen LogP) is 2.59. The number of carbonyl (C=O) groups is 1. The molecule has 0 saturated carbocycles. The third-order valence-electron chi connectivity index (χ3n) is 2.93. The van der Waals surface area contributed by atoms with E-state index in [9.17, 15) is 4.79 Å². The summed E-state index contributed by atoms with van der Waals surface area (Å²) in [6.07, 6.45) is 0.700. The van der Waals surface area contributed by atoms with Crippen molar-refractivity contribution >= 4 is 11.5 Å². The van der Waals surface area contributed by atoms with E-state index in [4.69, 9.17) is 0 Å². The Bertz CT molecular complexity index is 371. The lowest BCUT2D eigenvalue weighted by Crippen LogP contribution is -2.19. The first kappa shape index (κ1) is 10.2. The molecule has 1 aliphatic rings. The third-order valence-corrected chi connectivity index (χ3v) is 2.93. The van der Waals surface area contributed by atoms with Gasteiger partial charge in [0.15, 0.2) is 5.78 Å². The van der Waals surface area contributed by atoms with E-state index in [1.807, 2.05) is 0 Å². The molecule has 0 aliphatic carbocycles. The van der Waals surface area contributed by atoms with E-state index in [2.05, 4.69) is 43.0 Å². The van der Waals surface area contributed by atoms with Crippen molar-refractivity contribution in [3.8, 4) is 0 Å². The average Bonchev–Trinajstić information content (AvgIpc) is 2.65. The number of benzene rings is 1. The number of anilines is 1. The molecule has 1 heterocycles. The number of ketones is 1. The smallest absolute Gasteiger partial charge is 0.153 e. The van der Waals surface area contributed by atoms with E-state index in [1.54, 1.807) is 0 Å². The van der Waals surface area contributed by atoms with E-state index in [1.165, 1.54) is 11.3 Å². The molecule has 1 aliphatic heterocycles. The zero-order chi connectivity index (χ0) is 10.8. The Morgan fingerprint density at radius 2 is 2.13 bits per heavy atom. The Balaban J connectivity index is 2.21. The minimum Gasteiger partial charge on any atom is -0.364 e. The zero-order valence-corrected chi connectivity index (χ0v) is 9.36. The highest BCUT2D eigenvalue weighted by Gasteiger charge is 2.19. The Hall–Kier alpha value is -1.31. The second-order valence-corrected chi connectivity index (χ2v) is 4.46. The predicted molar refractivity (Wildman–Crippen MR) is 62.4 cm³/mol. The molecule has 0 bridgehead atoms. The summed E-state index contributed by atoms with van der Waals surface area (Å²) in [7, 11) is 0. The quantitative estimate of drug-likeness (QED) is 0.736. The molecule has 2 heteroatoms. The van der Waals surface area contributed by atoms with Gasteiger partial charge in [0.2, 0.25) is 0 Å². The lowest BCUT2D eigenvalue weighted by Gasteiger charge is -2.18. The third kappa shape index (κ3) is 2.20. The molecule has 0 atom stereocenters. The van der Waals surface area contributed by atoms with E-state index in [0.717, 1.165) is 6.54 Å². The summed E-state index contributed by atoms with van der Waals surface area (Å²) in [5.74, 6) is 0.896. The number of Topliss-reactive ketones (excluding diaryl/α,β-unsaturated/α-hetero) is 1. The standard InChI is InChI=1S/C13H17NO/c1-10(2)11-4-3-5-12(8-11)14-7-6-13(15)9-14/h3-5,8,10H,6-7,9H2,1-2H3. The monoisotopic (exact) mass is 203 g/mol. The molecule has 0 N–H and O–H groups in total. The molecule has 0 spiro atoms. The summed E-state index contributed by atoms with van der Waals surface area (Å²) >= 11 is 0. The Morgan fingerprint density at radius 1 is 1.33 bits per heavy atom. The number of hydrogen-bond acceptors (Lipinski definition) is 2. The largest absolute Gasteiger partial charge is 0.364 e. The molecular formula is C13H17NO. The van der Waals surface area contributed by atoms with Gasteiger partial charge < -0.3 is 4.90 Å². The topological polar surface area (TPSA) is 20.3 Å². The molecule has 0 unspecified atom stereocenters. The summed E-state index contributed by atoms with van der Waals surface area (Å²) in [4.78, 5) is 13.4. The molecule has 15 heavy (non-hydrogen) atoms. The van der Waals surface area contributed by atoms with Crippen LogP contribution in [0.3, 0.4) is 0 Å². The molecule has 1 saturated heterocycles. The fourth-order valence-electron chi connectivity index (χ4n) is 1.93. The summed E-state index contributed by atoms with van der Waals surface area (Å²) < 4.78 is 0. The molecule has 1 aromatic carbocycles.